The predicted octanol–water partition coefficient (Wildman–Crippen LogP) is 5.19. The van der Waals surface area contributed by atoms with Crippen molar-refractivity contribution in [1.82, 2.24) is 4.90 Å². The van der Waals surface area contributed by atoms with Crippen LogP contribution >= 0.6 is 27.3 Å². The zero-order valence-electron chi connectivity index (χ0n) is 13.7. The summed E-state index contributed by atoms with van der Waals surface area (Å²) in [5.74, 6) is 0. The molecule has 2 nitrogen and oxygen atoms in total. The summed E-state index contributed by atoms with van der Waals surface area (Å²) in [5, 5.41) is 2.17. The molecule has 2 atom stereocenters. The molecular weight excluding hydrogens is 344 g/mol. The Morgan fingerprint density at radius 2 is 2.05 bits per heavy atom. The highest BCUT2D eigenvalue weighted by Crippen LogP contribution is 2.40. The third kappa shape index (κ3) is 4.31. The van der Waals surface area contributed by atoms with Gasteiger partial charge in [-0.1, -0.05) is 20.8 Å². The van der Waals surface area contributed by atoms with Gasteiger partial charge in [-0.25, -0.2) is 0 Å². The van der Waals surface area contributed by atoms with Gasteiger partial charge in [-0.15, -0.1) is 11.3 Å². The van der Waals surface area contributed by atoms with Crippen LogP contribution in [0.2, 0.25) is 0 Å². The zero-order chi connectivity index (χ0) is 15.6. The molecule has 2 rings (SSSR count). The Balaban J connectivity index is 2.13. The van der Waals surface area contributed by atoms with Gasteiger partial charge in [0.25, 0.3) is 0 Å². The Morgan fingerprint density at radius 3 is 2.52 bits per heavy atom. The average molecular weight is 373 g/mol. The summed E-state index contributed by atoms with van der Waals surface area (Å²) >= 11 is 5.41. The number of rotatable bonds is 5. The standard InChI is InChI=1S/C17H29BrN2S/c1-5-14(19)16(15-10-12(18)11-21-15)20(4)13-6-8-17(2,3)9-7-13/h10-11,13-14,16H,5-9,19H2,1-4H3. The molecule has 0 bridgehead atoms. The number of hydrogen-bond acceptors (Lipinski definition) is 3. The highest BCUT2D eigenvalue weighted by Gasteiger charge is 2.34. The van der Waals surface area contributed by atoms with Crippen LogP contribution in [0.5, 0.6) is 0 Å². The minimum atomic E-state index is 0.204. The van der Waals surface area contributed by atoms with E-state index in [2.05, 4.69) is 60.1 Å². The van der Waals surface area contributed by atoms with Crippen molar-refractivity contribution in [3.8, 4) is 0 Å². The highest BCUT2D eigenvalue weighted by molar-refractivity contribution is 9.10. The Kier molecular flexibility index (Phi) is 5.91. The first-order chi connectivity index (χ1) is 9.84. The van der Waals surface area contributed by atoms with Crippen molar-refractivity contribution in [3.05, 3.63) is 20.8 Å². The van der Waals surface area contributed by atoms with E-state index in [4.69, 9.17) is 5.73 Å². The first-order valence-corrected chi connectivity index (χ1v) is 9.73. The molecular formula is C17H29BrN2S. The van der Waals surface area contributed by atoms with Crippen molar-refractivity contribution in [3.63, 3.8) is 0 Å². The fraction of sp³-hybridized carbons (Fsp3) is 0.765. The molecule has 1 saturated carbocycles. The van der Waals surface area contributed by atoms with Gasteiger partial charge in [0.05, 0.1) is 6.04 Å². The number of thiophene rings is 1. The lowest BCUT2D eigenvalue weighted by Crippen LogP contribution is -2.45. The van der Waals surface area contributed by atoms with Crippen molar-refractivity contribution in [2.75, 3.05) is 7.05 Å². The lowest BCUT2D eigenvalue weighted by Gasteiger charge is -2.43. The van der Waals surface area contributed by atoms with Crippen molar-refractivity contribution in [1.29, 1.82) is 0 Å². The molecule has 21 heavy (non-hydrogen) atoms. The van der Waals surface area contributed by atoms with Crippen LogP contribution in [0.25, 0.3) is 0 Å². The van der Waals surface area contributed by atoms with Crippen LogP contribution in [0.3, 0.4) is 0 Å². The first-order valence-electron chi connectivity index (χ1n) is 8.05. The van der Waals surface area contributed by atoms with E-state index in [0.29, 0.717) is 17.5 Å². The van der Waals surface area contributed by atoms with Gasteiger partial charge in [0.2, 0.25) is 0 Å². The van der Waals surface area contributed by atoms with Gasteiger partial charge in [-0.3, -0.25) is 4.90 Å². The monoisotopic (exact) mass is 372 g/mol. The molecule has 0 radical (unpaired) electrons. The molecule has 0 saturated heterocycles. The number of hydrogen-bond donors (Lipinski definition) is 1. The van der Waals surface area contributed by atoms with Gasteiger partial charge in [-0.05, 0) is 66.6 Å². The summed E-state index contributed by atoms with van der Waals surface area (Å²) in [6.45, 7) is 6.99. The van der Waals surface area contributed by atoms with E-state index in [0.717, 1.165) is 6.42 Å². The summed E-state index contributed by atoms with van der Waals surface area (Å²) in [7, 11) is 2.27. The van der Waals surface area contributed by atoms with Crippen LogP contribution in [0.15, 0.2) is 15.9 Å². The van der Waals surface area contributed by atoms with Crippen molar-refractivity contribution < 1.29 is 0 Å². The number of nitrogens with two attached hydrogens (primary N) is 1. The molecule has 4 heteroatoms. The second kappa shape index (κ2) is 7.12. The van der Waals surface area contributed by atoms with Gasteiger partial charge < -0.3 is 5.73 Å². The molecule has 120 valence electrons. The second-order valence-corrected chi connectivity index (χ2v) is 9.10. The number of likely N-dealkylation sites (N-methyl/N-ethyl adjacent to an activating group) is 1. The molecule has 1 fully saturated rings. The van der Waals surface area contributed by atoms with E-state index in [1.807, 2.05) is 11.3 Å². The minimum Gasteiger partial charge on any atom is -0.326 e. The largest absolute Gasteiger partial charge is 0.326 e. The normalized spacial score (nSPS) is 22.4. The third-order valence-corrected chi connectivity index (χ3v) is 6.84. The van der Waals surface area contributed by atoms with Gasteiger partial charge in [0.1, 0.15) is 0 Å². The lowest BCUT2D eigenvalue weighted by molar-refractivity contribution is 0.0840. The molecule has 0 aromatic carbocycles. The minimum absolute atomic E-state index is 0.204. The van der Waals surface area contributed by atoms with Crippen LogP contribution in [0, 0.1) is 5.41 Å². The summed E-state index contributed by atoms with van der Waals surface area (Å²) < 4.78 is 1.17. The summed E-state index contributed by atoms with van der Waals surface area (Å²) in [6.07, 6.45) is 6.25. The number of nitrogens with zero attached hydrogens (tertiary/aromatic N) is 1. The quantitative estimate of drug-likeness (QED) is 0.770. The van der Waals surface area contributed by atoms with E-state index < -0.39 is 0 Å². The maximum absolute atomic E-state index is 6.47. The maximum atomic E-state index is 6.47. The SMILES string of the molecule is CCC(N)C(c1cc(Br)cs1)N(C)C1CCC(C)(C)CC1. The van der Waals surface area contributed by atoms with E-state index in [1.54, 1.807) is 0 Å². The van der Waals surface area contributed by atoms with E-state index >= 15 is 0 Å². The van der Waals surface area contributed by atoms with Crippen LogP contribution in [-0.2, 0) is 0 Å². The van der Waals surface area contributed by atoms with Crippen molar-refractivity contribution >= 4 is 27.3 Å². The predicted molar refractivity (Wildman–Crippen MR) is 96.8 cm³/mol. The Bertz CT molecular complexity index is 447. The smallest absolute Gasteiger partial charge is 0.0593 e. The molecule has 1 aliphatic carbocycles. The molecule has 2 N–H and O–H groups in total. The van der Waals surface area contributed by atoms with Gasteiger partial charge >= 0.3 is 0 Å². The molecule has 0 aliphatic heterocycles. The average Bonchev–Trinajstić information content (AvgIpc) is 2.84. The topological polar surface area (TPSA) is 29.3 Å². The molecule has 1 heterocycles. The fourth-order valence-electron chi connectivity index (χ4n) is 3.44. The molecule has 1 aliphatic rings. The maximum Gasteiger partial charge on any atom is 0.0593 e. The van der Waals surface area contributed by atoms with Crippen LogP contribution in [0.1, 0.15) is 63.8 Å². The fourth-order valence-corrected chi connectivity index (χ4v) is 5.11. The van der Waals surface area contributed by atoms with E-state index in [1.165, 1.54) is 35.0 Å². The van der Waals surface area contributed by atoms with Crippen molar-refractivity contribution in [2.45, 2.75) is 71.0 Å². The van der Waals surface area contributed by atoms with Gasteiger partial charge in [-0.2, -0.15) is 0 Å². The third-order valence-electron chi connectivity index (χ3n) is 5.08. The highest BCUT2D eigenvalue weighted by atomic mass is 79.9. The Hall–Kier alpha value is 0.1000. The van der Waals surface area contributed by atoms with Crippen LogP contribution in [0.4, 0.5) is 0 Å². The molecule has 0 spiro atoms. The van der Waals surface area contributed by atoms with Gasteiger partial charge in [0, 0.05) is 26.8 Å². The van der Waals surface area contributed by atoms with Gasteiger partial charge in [0.15, 0.2) is 0 Å². The molecule has 1 aromatic heterocycles. The molecule has 2 unspecified atom stereocenters. The first kappa shape index (κ1) is 17.5. The summed E-state index contributed by atoms with van der Waals surface area (Å²) in [4.78, 5) is 3.95. The molecule has 1 aromatic rings. The summed E-state index contributed by atoms with van der Waals surface area (Å²) in [6, 6.07) is 3.46. The number of halogens is 1. The second-order valence-electron chi connectivity index (χ2n) is 7.25. The Labute approximate surface area is 142 Å². The van der Waals surface area contributed by atoms with Crippen molar-refractivity contribution in [2.24, 2.45) is 11.1 Å². The van der Waals surface area contributed by atoms with E-state index in [9.17, 15) is 0 Å². The lowest BCUT2D eigenvalue weighted by atomic mass is 9.75. The van der Waals surface area contributed by atoms with Crippen LogP contribution in [-0.4, -0.2) is 24.0 Å². The molecule has 0 amide bonds. The van der Waals surface area contributed by atoms with E-state index in [-0.39, 0.29) is 6.04 Å². The zero-order valence-corrected chi connectivity index (χ0v) is 16.1. The van der Waals surface area contributed by atoms with Crippen LogP contribution < -0.4 is 5.73 Å². The summed E-state index contributed by atoms with van der Waals surface area (Å²) in [5.41, 5.74) is 6.99. The Morgan fingerprint density at radius 1 is 1.43 bits per heavy atom.